The van der Waals surface area contributed by atoms with Crippen LogP contribution in [-0.4, -0.2) is 24.0 Å². The van der Waals surface area contributed by atoms with Crippen molar-refractivity contribution in [2.24, 2.45) is 16.8 Å². The number of aliphatic hydroxyl groups excluding tert-OH is 1. The lowest BCUT2D eigenvalue weighted by Crippen LogP contribution is -2.15. The van der Waals surface area contributed by atoms with Gasteiger partial charge in [0, 0.05) is 12.3 Å². The minimum absolute atomic E-state index is 0.0707. The molecule has 0 fully saturated rings. The molecule has 0 aromatic heterocycles. The summed E-state index contributed by atoms with van der Waals surface area (Å²) >= 11 is 0. The molecule has 1 N–H and O–H groups in total. The molecular weight excluding hydrogens is 174 g/mol. The predicted molar refractivity (Wildman–Crippen MR) is 62.8 cm³/mol. The molecule has 82 valence electrons. The lowest BCUT2D eigenvalue weighted by molar-refractivity contribution is 0.348. The van der Waals surface area contributed by atoms with E-state index in [1.165, 1.54) is 6.42 Å². The van der Waals surface area contributed by atoms with Crippen LogP contribution in [0.1, 0.15) is 33.6 Å². The quantitative estimate of drug-likeness (QED) is 0.494. The van der Waals surface area contributed by atoms with Crippen molar-refractivity contribution in [3.8, 4) is 0 Å². The fourth-order valence-electron chi connectivity index (χ4n) is 1.36. The summed E-state index contributed by atoms with van der Waals surface area (Å²) in [6.07, 6.45) is 4.14. The fraction of sp³-hybridized carbons (Fsp3) is 0.750. The number of rotatable bonds is 7. The van der Waals surface area contributed by atoms with Gasteiger partial charge in [0.25, 0.3) is 0 Å². The Bertz CT molecular complexity index is 187. The van der Waals surface area contributed by atoms with E-state index in [0.29, 0.717) is 11.8 Å². The van der Waals surface area contributed by atoms with Crippen LogP contribution in [0, 0.1) is 11.8 Å². The summed E-state index contributed by atoms with van der Waals surface area (Å²) in [5.41, 5.74) is 0.822. The summed E-state index contributed by atoms with van der Waals surface area (Å²) in [5.74, 6) is 1.24. The molecule has 1 unspecified atom stereocenters. The lowest BCUT2D eigenvalue weighted by Gasteiger charge is -2.19. The minimum atomic E-state index is 0.0707. The molecule has 0 aromatic rings. The molecule has 0 amide bonds. The normalized spacial score (nSPS) is 16.4. The van der Waals surface area contributed by atoms with Crippen molar-refractivity contribution in [2.75, 3.05) is 13.2 Å². The molecule has 0 radical (unpaired) electrons. The van der Waals surface area contributed by atoms with E-state index >= 15 is 0 Å². The number of hydrogen-bond acceptors (Lipinski definition) is 2. The molecule has 0 heterocycles. The van der Waals surface area contributed by atoms with E-state index in [1.807, 2.05) is 13.0 Å². The monoisotopic (exact) mass is 197 g/mol. The average Bonchev–Trinajstić information content (AvgIpc) is 2.22. The maximum atomic E-state index is 8.82. The Morgan fingerprint density at radius 1 is 1.57 bits per heavy atom. The molecular formula is C12H23NO. The first-order valence-corrected chi connectivity index (χ1v) is 5.37. The van der Waals surface area contributed by atoms with Gasteiger partial charge in [-0.1, -0.05) is 26.3 Å². The topological polar surface area (TPSA) is 32.6 Å². The number of nitrogens with zero attached hydrogens (tertiary/aromatic N) is 1. The Morgan fingerprint density at radius 2 is 2.21 bits per heavy atom. The summed E-state index contributed by atoms with van der Waals surface area (Å²) < 4.78 is 0. The highest BCUT2D eigenvalue weighted by Gasteiger charge is 2.13. The van der Waals surface area contributed by atoms with Crippen molar-refractivity contribution in [1.82, 2.24) is 0 Å². The molecule has 0 aromatic carbocycles. The van der Waals surface area contributed by atoms with Crippen LogP contribution in [0.3, 0.4) is 0 Å². The maximum absolute atomic E-state index is 8.82. The van der Waals surface area contributed by atoms with Gasteiger partial charge in [0.2, 0.25) is 0 Å². The summed E-state index contributed by atoms with van der Waals surface area (Å²) in [5, 5.41) is 8.82. The second-order valence-corrected chi connectivity index (χ2v) is 3.90. The van der Waals surface area contributed by atoms with Crippen molar-refractivity contribution in [3.63, 3.8) is 0 Å². The van der Waals surface area contributed by atoms with Crippen LogP contribution < -0.4 is 0 Å². The van der Waals surface area contributed by atoms with E-state index in [9.17, 15) is 0 Å². The summed E-state index contributed by atoms with van der Waals surface area (Å²) in [6.45, 7) is 11.0. The Hall–Kier alpha value is -0.630. The van der Waals surface area contributed by atoms with E-state index in [-0.39, 0.29) is 6.61 Å². The van der Waals surface area contributed by atoms with Crippen LogP contribution in [0.5, 0.6) is 0 Å². The highest BCUT2D eigenvalue weighted by atomic mass is 16.3. The molecule has 0 aliphatic rings. The SMILES string of the molecule is C=CCC(CN=C(C)CO)[C@@H](C)CC. The average molecular weight is 197 g/mol. The lowest BCUT2D eigenvalue weighted by atomic mass is 9.89. The summed E-state index contributed by atoms with van der Waals surface area (Å²) in [4.78, 5) is 4.35. The Labute approximate surface area is 87.8 Å². The smallest absolute Gasteiger partial charge is 0.0806 e. The maximum Gasteiger partial charge on any atom is 0.0806 e. The molecule has 0 spiro atoms. The minimum Gasteiger partial charge on any atom is -0.390 e. The zero-order valence-electron chi connectivity index (χ0n) is 9.66. The second-order valence-electron chi connectivity index (χ2n) is 3.90. The molecule has 0 saturated carbocycles. The molecule has 2 heteroatoms. The predicted octanol–water partition coefficient (Wildman–Crippen LogP) is 2.68. The molecule has 0 rings (SSSR count). The standard InChI is InChI=1S/C12H23NO/c1-5-7-12(10(3)6-2)8-13-11(4)9-14/h5,10,12,14H,1,6-9H2,2-4H3/t10-,12?/m0/s1. The third-order valence-electron chi connectivity index (χ3n) is 2.74. The van der Waals surface area contributed by atoms with Crippen molar-refractivity contribution < 1.29 is 5.11 Å². The highest BCUT2D eigenvalue weighted by Crippen LogP contribution is 2.19. The van der Waals surface area contributed by atoms with Gasteiger partial charge in [-0.05, 0) is 25.2 Å². The van der Waals surface area contributed by atoms with E-state index < -0.39 is 0 Å². The summed E-state index contributed by atoms with van der Waals surface area (Å²) in [6, 6.07) is 0. The van der Waals surface area contributed by atoms with Gasteiger partial charge in [0.05, 0.1) is 6.61 Å². The number of aliphatic hydroxyl groups is 1. The first kappa shape index (κ1) is 13.4. The van der Waals surface area contributed by atoms with Crippen LogP contribution in [0.25, 0.3) is 0 Å². The Balaban J connectivity index is 4.15. The van der Waals surface area contributed by atoms with Crippen LogP contribution >= 0.6 is 0 Å². The van der Waals surface area contributed by atoms with Crippen molar-refractivity contribution in [1.29, 1.82) is 0 Å². The molecule has 0 bridgehead atoms. The van der Waals surface area contributed by atoms with E-state index in [2.05, 4.69) is 25.4 Å². The van der Waals surface area contributed by atoms with Gasteiger partial charge in [0.15, 0.2) is 0 Å². The first-order valence-electron chi connectivity index (χ1n) is 5.37. The molecule has 14 heavy (non-hydrogen) atoms. The first-order chi connectivity index (χ1) is 6.65. The molecule has 2 nitrogen and oxygen atoms in total. The molecule has 2 atom stereocenters. The van der Waals surface area contributed by atoms with E-state index in [4.69, 9.17) is 5.11 Å². The largest absolute Gasteiger partial charge is 0.390 e. The van der Waals surface area contributed by atoms with Crippen molar-refractivity contribution in [2.45, 2.75) is 33.6 Å². The van der Waals surface area contributed by atoms with Crippen molar-refractivity contribution >= 4 is 5.71 Å². The molecule has 0 aliphatic heterocycles. The number of allylic oxidation sites excluding steroid dienone is 1. The summed E-state index contributed by atoms with van der Waals surface area (Å²) in [7, 11) is 0. The fourth-order valence-corrected chi connectivity index (χ4v) is 1.36. The van der Waals surface area contributed by atoms with E-state index in [1.54, 1.807) is 0 Å². The number of aliphatic imine (C=N–C) groups is 1. The Kier molecular flexibility index (Phi) is 7.40. The molecule has 0 aliphatic carbocycles. The van der Waals surface area contributed by atoms with Gasteiger partial charge < -0.3 is 5.11 Å². The second kappa shape index (κ2) is 7.74. The van der Waals surface area contributed by atoms with E-state index in [0.717, 1.165) is 18.7 Å². The van der Waals surface area contributed by atoms with Gasteiger partial charge >= 0.3 is 0 Å². The van der Waals surface area contributed by atoms with Crippen LogP contribution in [0.15, 0.2) is 17.6 Å². The zero-order valence-corrected chi connectivity index (χ0v) is 9.66. The highest BCUT2D eigenvalue weighted by molar-refractivity contribution is 5.82. The van der Waals surface area contributed by atoms with Crippen LogP contribution in [-0.2, 0) is 0 Å². The van der Waals surface area contributed by atoms with Crippen molar-refractivity contribution in [3.05, 3.63) is 12.7 Å². The van der Waals surface area contributed by atoms with Gasteiger partial charge in [-0.25, -0.2) is 0 Å². The van der Waals surface area contributed by atoms with Gasteiger partial charge in [-0.2, -0.15) is 0 Å². The third kappa shape index (κ3) is 5.18. The third-order valence-corrected chi connectivity index (χ3v) is 2.74. The zero-order chi connectivity index (χ0) is 11.0. The molecule has 0 saturated heterocycles. The van der Waals surface area contributed by atoms with Gasteiger partial charge in [-0.3, -0.25) is 4.99 Å². The van der Waals surface area contributed by atoms with Gasteiger partial charge in [-0.15, -0.1) is 6.58 Å². The van der Waals surface area contributed by atoms with Crippen LogP contribution in [0.4, 0.5) is 0 Å². The number of hydrogen-bond donors (Lipinski definition) is 1. The Morgan fingerprint density at radius 3 is 2.64 bits per heavy atom. The van der Waals surface area contributed by atoms with Gasteiger partial charge in [0.1, 0.15) is 0 Å². The van der Waals surface area contributed by atoms with Crippen LogP contribution in [0.2, 0.25) is 0 Å².